The number of benzene rings is 2. The van der Waals surface area contributed by atoms with Gasteiger partial charge in [0.25, 0.3) is 5.89 Å². The fraction of sp³-hybridized carbons (Fsp3) is 0.0952. The number of thioether (sulfide) groups is 1. The van der Waals surface area contributed by atoms with Gasteiger partial charge in [-0.05, 0) is 48.9 Å². The summed E-state index contributed by atoms with van der Waals surface area (Å²) < 4.78 is 38.6. The molecule has 4 aromatic rings. The van der Waals surface area contributed by atoms with Crippen LogP contribution in [0.15, 0.2) is 101 Å². The molecule has 0 aliphatic heterocycles. The van der Waals surface area contributed by atoms with Crippen molar-refractivity contribution < 1.29 is 17.3 Å². The average molecular weight is 490 g/mol. The third-order valence-electron chi connectivity index (χ3n) is 4.23. The molecule has 4 rings (SSSR count). The van der Waals surface area contributed by atoms with Gasteiger partial charge in [0.1, 0.15) is 0 Å². The maximum Gasteiger partial charge on any atom is 0.265 e. The first kappa shape index (κ1) is 20.0. The van der Waals surface area contributed by atoms with E-state index in [1.165, 1.54) is 30.2 Å². The molecule has 0 aliphatic carbocycles. The van der Waals surface area contributed by atoms with Gasteiger partial charge >= 0.3 is 0 Å². The molecule has 0 N–H and O–H groups in total. The van der Waals surface area contributed by atoms with Crippen molar-refractivity contribution >= 4 is 37.5 Å². The molecule has 8 heteroatoms. The van der Waals surface area contributed by atoms with Crippen LogP contribution in [-0.2, 0) is 9.84 Å². The Bertz CT molecular complexity index is 1200. The summed E-state index contributed by atoms with van der Waals surface area (Å²) in [5.41, 5.74) is 1.06. The van der Waals surface area contributed by atoms with Crippen molar-refractivity contribution in [1.82, 2.24) is 4.98 Å². The molecular weight excluding hydrogens is 474 g/mol. The maximum atomic E-state index is 13.3. The highest BCUT2D eigenvalue weighted by Crippen LogP contribution is 2.41. The van der Waals surface area contributed by atoms with E-state index in [2.05, 4.69) is 20.9 Å². The molecular formula is C21H16BrNO4S2. The highest BCUT2D eigenvalue weighted by Gasteiger charge is 2.30. The summed E-state index contributed by atoms with van der Waals surface area (Å²) in [6.07, 6.45) is 1.49. The predicted octanol–water partition coefficient (Wildman–Crippen LogP) is 6.38. The first-order valence-corrected chi connectivity index (χ1v) is 11.9. The Morgan fingerprint density at radius 3 is 2.38 bits per heavy atom. The van der Waals surface area contributed by atoms with Crippen LogP contribution in [0.5, 0.6) is 0 Å². The van der Waals surface area contributed by atoms with Crippen molar-refractivity contribution in [2.24, 2.45) is 0 Å². The lowest BCUT2D eigenvalue weighted by Gasteiger charge is -2.10. The quantitative estimate of drug-likeness (QED) is 0.292. The van der Waals surface area contributed by atoms with Gasteiger partial charge in [0, 0.05) is 9.72 Å². The van der Waals surface area contributed by atoms with E-state index in [0.717, 1.165) is 10.0 Å². The number of aromatic nitrogens is 1. The molecule has 2 aromatic heterocycles. The second-order valence-electron chi connectivity index (χ2n) is 6.22. The third-order valence-corrected chi connectivity index (χ3v) is 7.68. The predicted molar refractivity (Wildman–Crippen MR) is 115 cm³/mol. The van der Waals surface area contributed by atoms with Crippen LogP contribution < -0.4 is 0 Å². The van der Waals surface area contributed by atoms with Crippen LogP contribution in [0.3, 0.4) is 0 Å². The van der Waals surface area contributed by atoms with Gasteiger partial charge in [-0.2, -0.15) is 4.98 Å². The largest absolute Gasteiger partial charge is 0.459 e. The molecule has 5 nitrogen and oxygen atoms in total. The Morgan fingerprint density at radius 2 is 1.72 bits per heavy atom. The molecule has 0 spiro atoms. The maximum absolute atomic E-state index is 13.3. The molecule has 0 fully saturated rings. The van der Waals surface area contributed by atoms with Gasteiger partial charge in [-0.15, -0.1) is 0 Å². The van der Waals surface area contributed by atoms with Gasteiger partial charge in [0.05, 0.1) is 11.2 Å². The molecule has 0 amide bonds. The van der Waals surface area contributed by atoms with Gasteiger partial charge < -0.3 is 8.83 Å². The number of nitrogens with zero attached hydrogens (tertiary/aromatic N) is 1. The Morgan fingerprint density at radius 1 is 1.00 bits per heavy atom. The lowest BCUT2D eigenvalue weighted by molar-refractivity contribution is 0.450. The van der Waals surface area contributed by atoms with E-state index in [9.17, 15) is 8.42 Å². The van der Waals surface area contributed by atoms with E-state index in [4.69, 9.17) is 8.83 Å². The summed E-state index contributed by atoms with van der Waals surface area (Å²) in [7, 11) is -3.87. The minimum atomic E-state index is -3.87. The Labute approximate surface area is 181 Å². The van der Waals surface area contributed by atoms with E-state index in [1.54, 1.807) is 24.3 Å². The molecule has 2 heterocycles. The number of halogens is 1. The summed E-state index contributed by atoms with van der Waals surface area (Å²) >= 11 is 4.63. The molecule has 0 aliphatic rings. The molecule has 0 unspecified atom stereocenters. The molecule has 148 valence electrons. The topological polar surface area (TPSA) is 73.3 Å². The van der Waals surface area contributed by atoms with E-state index >= 15 is 0 Å². The number of rotatable bonds is 6. The van der Waals surface area contributed by atoms with Gasteiger partial charge in [0.2, 0.25) is 20.0 Å². The van der Waals surface area contributed by atoms with Gasteiger partial charge in [0.15, 0.2) is 5.76 Å². The number of oxazole rings is 1. The highest BCUT2D eigenvalue weighted by molar-refractivity contribution is 9.10. The van der Waals surface area contributed by atoms with Crippen molar-refractivity contribution in [2.45, 2.75) is 27.2 Å². The minimum absolute atomic E-state index is 0.0348. The van der Waals surface area contributed by atoms with Crippen LogP contribution in [0.2, 0.25) is 0 Å². The molecule has 2 aromatic carbocycles. The molecule has 0 saturated carbocycles. The smallest absolute Gasteiger partial charge is 0.265 e. The monoisotopic (exact) mass is 489 g/mol. The van der Waals surface area contributed by atoms with Gasteiger partial charge in [-0.25, -0.2) is 8.42 Å². The van der Waals surface area contributed by atoms with Gasteiger partial charge in [-0.3, -0.25) is 0 Å². The number of sulfone groups is 1. The van der Waals surface area contributed by atoms with Crippen LogP contribution in [-0.4, -0.2) is 13.4 Å². The van der Waals surface area contributed by atoms with E-state index in [-0.39, 0.29) is 26.2 Å². The second kappa shape index (κ2) is 8.22. The zero-order valence-corrected chi connectivity index (χ0v) is 18.5. The molecule has 0 bridgehead atoms. The average Bonchev–Trinajstić information content (AvgIpc) is 3.39. The van der Waals surface area contributed by atoms with Crippen LogP contribution in [0.4, 0.5) is 0 Å². The lowest BCUT2D eigenvalue weighted by atomic mass is 10.2. The standard InChI is InChI=1S/C21H16BrNO4S2/c1-14(15-6-3-2-4-7-15)28-21-20(23-19(27-21)18-8-5-13-26-18)29(24,25)17-11-9-16(22)10-12-17/h2-14H,1H3/t14-/m1/s1. The Kier molecular flexibility index (Phi) is 5.67. The third kappa shape index (κ3) is 4.19. The Hall–Kier alpha value is -2.29. The van der Waals surface area contributed by atoms with E-state index < -0.39 is 9.84 Å². The number of hydrogen-bond acceptors (Lipinski definition) is 6. The van der Waals surface area contributed by atoms with Crippen molar-refractivity contribution in [3.05, 3.63) is 83.0 Å². The fourth-order valence-corrected chi connectivity index (χ4v) is 5.53. The van der Waals surface area contributed by atoms with E-state index in [0.29, 0.717) is 5.76 Å². The summed E-state index contributed by atoms with van der Waals surface area (Å²) in [5.74, 6) is 0.505. The zero-order valence-electron chi connectivity index (χ0n) is 15.3. The molecule has 29 heavy (non-hydrogen) atoms. The molecule has 0 radical (unpaired) electrons. The normalized spacial score (nSPS) is 12.8. The van der Waals surface area contributed by atoms with Crippen LogP contribution in [0.1, 0.15) is 17.7 Å². The van der Waals surface area contributed by atoms with Crippen LogP contribution in [0.25, 0.3) is 11.7 Å². The lowest BCUT2D eigenvalue weighted by Crippen LogP contribution is -2.04. The summed E-state index contributed by atoms with van der Waals surface area (Å²) in [5, 5.41) is 0.0853. The molecule has 1 atom stereocenters. The highest BCUT2D eigenvalue weighted by atomic mass is 79.9. The van der Waals surface area contributed by atoms with Crippen molar-refractivity contribution in [3.8, 4) is 11.7 Å². The zero-order chi connectivity index (χ0) is 20.4. The first-order chi connectivity index (χ1) is 13.9. The summed E-state index contributed by atoms with van der Waals surface area (Å²) in [6.45, 7) is 1.99. The van der Waals surface area contributed by atoms with Crippen molar-refractivity contribution in [1.29, 1.82) is 0 Å². The fourth-order valence-electron chi connectivity index (χ4n) is 2.72. The van der Waals surface area contributed by atoms with Crippen LogP contribution >= 0.6 is 27.7 Å². The molecule has 0 saturated heterocycles. The SMILES string of the molecule is C[C@@H](Sc1oc(-c2ccco2)nc1S(=O)(=O)c1ccc(Br)cc1)c1ccccc1. The first-order valence-electron chi connectivity index (χ1n) is 8.72. The minimum Gasteiger partial charge on any atom is -0.459 e. The van der Waals surface area contributed by atoms with Crippen molar-refractivity contribution in [2.75, 3.05) is 0 Å². The number of furan rings is 1. The summed E-state index contributed by atoms with van der Waals surface area (Å²) in [4.78, 5) is 4.44. The Balaban J connectivity index is 1.78. The summed E-state index contributed by atoms with van der Waals surface area (Å²) in [6, 6.07) is 19.6. The second-order valence-corrected chi connectivity index (χ2v) is 10.3. The van der Waals surface area contributed by atoms with Crippen LogP contribution in [0, 0.1) is 0 Å². The van der Waals surface area contributed by atoms with Crippen molar-refractivity contribution in [3.63, 3.8) is 0 Å². The number of hydrogen-bond donors (Lipinski definition) is 0. The van der Waals surface area contributed by atoms with Gasteiger partial charge in [-0.1, -0.05) is 58.0 Å². The van der Waals surface area contributed by atoms with E-state index in [1.807, 2.05) is 37.3 Å².